The van der Waals surface area contributed by atoms with E-state index in [1.54, 1.807) is 24.3 Å². The zero-order chi connectivity index (χ0) is 18.5. The maximum absolute atomic E-state index is 12.1. The third-order valence-electron chi connectivity index (χ3n) is 3.43. The lowest BCUT2D eigenvalue weighted by molar-refractivity contribution is -0.118. The normalized spacial score (nSPS) is 10.4. The molecule has 1 amide bonds. The van der Waals surface area contributed by atoms with Gasteiger partial charge in [-0.3, -0.25) is 4.79 Å². The van der Waals surface area contributed by atoms with Crippen LogP contribution in [0.1, 0.15) is 5.69 Å². The number of benzene rings is 2. The first kappa shape index (κ1) is 18.4. The number of amides is 1. The molecule has 132 valence electrons. The Balaban J connectivity index is 1.69. The van der Waals surface area contributed by atoms with Crippen LogP contribution in [-0.2, 0) is 4.79 Å². The molecule has 0 aliphatic carbocycles. The lowest BCUT2D eigenvalue weighted by Gasteiger charge is -2.10. The molecule has 0 fully saturated rings. The number of carbonyl (C=O) groups is 1. The van der Waals surface area contributed by atoms with Crippen molar-refractivity contribution in [2.24, 2.45) is 0 Å². The molecular formula is C19H15BrClN3O2. The highest BCUT2D eigenvalue weighted by atomic mass is 79.9. The van der Waals surface area contributed by atoms with Crippen molar-refractivity contribution in [2.75, 3.05) is 11.9 Å². The molecule has 1 N–H and O–H groups in total. The Bertz CT molecular complexity index is 932. The molecule has 2 aromatic carbocycles. The number of aryl methyl sites for hydroxylation is 1. The van der Waals surface area contributed by atoms with Gasteiger partial charge in [-0.1, -0.05) is 23.7 Å². The standard InChI is InChI=1S/C19H15BrClN3O2/c1-12-10-18(24-19(22-12)13-6-8-14(21)9-7-13)26-11-17(25)23-16-5-3-2-4-15(16)20/h2-10H,11H2,1H3,(H,23,25). The van der Waals surface area contributed by atoms with E-state index in [2.05, 4.69) is 31.2 Å². The van der Waals surface area contributed by atoms with Crippen molar-refractivity contribution in [3.05, 3.63) is 69.8 Å². The summed E-state index contributed by atoms with van der Waals surface area (Å²) in [6.07, 6.45) is 0. The predicted octanol–water partition coefficient (Wildman–Crippen LogP) is 4.89. The van der Waals surface area contributed by atoms with E-state index in [-0.39, 0.29) is 12.5 Å². The van der Waals surface area contributed by atoms with Gasteiger partial charge in [-0.2, -0.15) is 4.98 Å². The minimum Gasteiger partial charge on any atom is -0.467 e. The number of nitrogens with zero attached hydrogens (tertiary/aromatic N) is 2. The minimum atomic E-state index is -0.277. The quantitative estimate of drug-likeness (QED) is 0.624. The molecule has 0 spiro atoms. The molecule has 0 aliphatic rings. The summed E-state index contributed by atoms with van der Waals surface area (Å²) in [7, 11) is 0. The van der Waals surface area contributed by atoms with Gasteiger partial charge in [-0.05, 0) is 59.3 Å². The molecule has 3 rings (SSSR count). The number of para-hydroxylation sites is 1. The van der Waals surface area contributed by atoms with E-state index in [9.17, 15) is 4.79 Å². The lowest BCUT2D eigenvalue weighted by atomic mass is 10.2. The van der Waals surface area contributed by atoms with Gasteiger partial charge in [0.1, 0.15) is 0 Å². The third kappa shape index (κ3) is 4.80. The molecular weight excluding hydrogens is 418 g/mol. The van der Waals surface area contributed by atoms with Crippen LogP contribution in [0.15, 0.2) is 59.1 Å². The Kier molecular flexibility index (Phi) is 5.85. The highest BCUT2D eigenvalue weighted by molar-refractivity contribution is 9.10. The largest absolute Gasteiger partial charge is 0.467 e. The molecule has 0 unspecified atom stereocenters. The van der Waals surface area contributed by atoms with Gasteiger partial charge in [0.2, 0.25) is 5.88 Å². The maximum Gasteiger partial charge on any atom is 0.262 e. The number of hydrogen-bond acceptors (Lipinski definition) is 4. The van der Waals surface area contributed by atoms with Crippen LogP contribution in [-0.4, -0.2) is 22.5 Å². The lowest BCUT2D eigenvalue weighted by Crippen LogP contribution is -2.20. The first-order valence-corrected chi connectivity index (χ1v) is 8.97. The molecule has 0 aliphatic heterocycles. The SMILES string of the molecule is Cc1cc(OCC(=O)Nc2ccccc2Br)nc(-c2ccc(Cl)cc2)n1. The van der Waals surface area contributed by atoms with Gasteiger partial charge in [0, 0.05) is 26.8 Å². The zero-order valence-electron chi connectivity index (χ0n) is 13.9. The molecule has 26 heavy (non-hydrogen) atoms. The zero-order valence-corrected chi connectivity index (χ0v) is 16.2. The van der Waals surface area contributed by atoms with Crippen LogP contribution >= 0.6 is 27.5 Å². The van der Waals surface area contributed by atoms with E-state index in [0.717, 1.165) is 15.7 Å². The summed E-state index contributed by atoms with van der Waals surface area (Å²) in [5.74, 6) is 0.578. The third-order valence-corrected chi connectivity index (χ3v) is 4.38. The number of aromatic nitrogens is 2. The Labute approximate surface area is 164 Å². The summed E-state index contributed by atoms with van der Waals surface area (Å²) < 4.78 is 6.34. The van der Waals surface area contributed by atoms with Crippen LogP contribution in [0.4, 0.5) is 5.69 Å². The minimum absolute atomic E-state index is 0.155. The van der Waals surface area contributed by atoms with Gasteiger partial charge in [0.15, 0.2) is 12.4 Å². The number of ether oxygens (including phenoxy) is 1. The van der Waals surface area contributed by atoms with Gasteiger partial charge in [0.25, 0.3) is 5.91 Å². The molecule has 5 nitrogen and oxygen atoms in total. The molecule has 1 heterocycles. The van der Waals surface area contributed by atoms with E-state index in [4.69, 9.17) is 16.3 Å². The van der Waals surface area contributed by atoms with E-state index >= 15 is 0 Å². The van der Waals surface area contributed by atoms with Crippen LogP contribution in [0.25, 0.3) is 11.4 Å². The van der Waals surface area contributed by atoms with Gasteiger partial charge >= 0.3 is 0 Å². The average Bonchev–Trinajstić information content (AvgIpc) is 2.62. The van der Waals surface area contributed by atoms with Crippen molar-refractivity contribution in [3.8, 4) is 17.3 Å². The molecule has 1 aromatic heterocycles. The fourth-order valence-electron chi connectivity index (χ4n) is 2.23. The van der Waals surface area contributed by atoms with E-state index in [1.807, 2.05) is 37.3 Å². The van der Waals surface area contributed by atoms with Gasteiger partial charge < -0.3 is 10.1 Å². The van der Waals surface area contributed by atoms with Crippen molar-refractivity contribution >= 4 is 39.1 Å². The number of carbonyl (C=O) groups excluding carboxylic acids is 1. The van der Waals surface area contributed by atoms with Crippen LogP contribution in [0, 0.1) is 6.92 Å². The van der Waals surface area contributed by atoms with Crippen LogP contribution in [0.2, 0.25) is 5.02 Å². The Hall–Kier alpha value is -2.44. The summed E-state index contributed by atoms with van der Waals surface area (Å²) in [5.41, 5.74) is 2.24. The van der Waals surface area contributed by atoms with Crippen LogP contribution in [0.3, 0.4) is 0 Å². The monoisotopic (exact) mass is 431 g/mol. The molecule has 0 bridgehead atoms. The first-order chi connectivity index (χ1) is 12.5. The number of halogens is 2. The summed E-state index contributed by atoms with van der Waals surface area (Å²) in [6, 6.07) is 16.3. The predicted molar refractivity (Wildman–Crippen MR) is 105 cm³/mol. The van der Waals surface area contributed by atoms with Crippen molar-refractivity contribution < 1.29 is 9.53 Å². The fraction of sp³-hybridized carbons (Fsp3) is 0.105. The summed E-state index contributed by atoms with van der Waals surface area (Å²) in [6.45, 7) is 1.69. The summed E-state index contributed by atoms with van der Waals surface area (Å²) in [4.78, 5) is 20.9. The van der Waals surface area contributed by atoms with Gasteiger partial charge in [-0.15, -0.1) is 0 Å². The Morgan fingerprint density at radius 1 is 1.15 bits per heavy atom. The highest BCUT2D eigenvalue weighted by Crippen LogP contribution is 2.22. The van der Waals surface area contributed by atoms with Crippen molar-refractivity contribution in [1.82, 2.24) is 9.97 Å². The Morgan fingerprint density at radius 3 is 2.62 bits per heavy atom. The van der Waals surface area contributed by atoms with Crippen molar-refractivity contribution in [1.29, 1.82) is 0 Å². The Morgan fingerprint density at radius 2 is 1.88 bits per heavy atom. The van der Waals surface area contributed by atoms with Crippen LogP contribution in [0.5, 0.6) is 5.88 Å². The number of anilines is 1. The van der Waals surface area contributed by atoms with Gasteiger partial charge in [0.05, 0.1) is 5.69 Å². The van der Waals surface area contributed by atoms with E-state index in [0.29, 0.717) is 22.4 Å². The fourth-order valence-corrected chi connectivity index (χ4v) is 2.74. The van der Waals surface area contributed by atoms with Gasteiger partial charge in [-0.25, -0.2) is 4.98 Å². The van der Waals surface area contributed by atoms with E-state index in [1.165, 1.54) is 0 Å². The molecule has 0 saturated heterocycles. The maximum atomic E-state index is 12.1. The van der Waals surface area contributed by atoms with Crippen molar-refractivity contribution in [3.63, 3.8) is 0 Å². The molecule has 0 radical (unpaired) electrons. The number of hydrogen-bond donors (Lipinski definition) is 1. The topological polar surface area (TPSA) is 64.1 Å². The molecule has 0 saturated carbocycles. The van der Waals surface area contributed by atoms with Crippen LogP contribution < -0.4 is 10.1 Å². The average molecular weight is 433 g/mol. The second-order valence-electron chi connectivity index (χ2n) is 5.49. The summed E-state index contributed by atoms with van der Waals surface area (Å²) in [5, 5.41) is 3.42. The molecule has 3 aromatic rings. The number of nitrogens with one attached hydrogen (secondary N) is 1. The second kappa shape index (κ2) is 8.29. The smallest absolute Gasteiger partial charge is 0.262 e. The molecule has 0 atom stereocenters. The first-order valence-electron chi connectivity index (χ1n) is 7.80. The summed E-state index contributed by atoms with van der Waals surface area (Å²) >= 11 is 9.30. The number of rotatable bonds is 5. The second-order valence-corrected chi connectivity index (χ2v) is 6.79. The van der Waals surface area contributed by atoms with Crippen molar-refractivity contribution in [2.45, 2.75) is 6.92 Å². The highest BCUT2D eigenvalue weighted by Gasteiger charge is 2.09. The molecule has 7 heteroatoms. The van der Waals surface area contributed by atoms with E-state index < -0.39 is 0 Å².